The normalized spacial score (nSPS) is 13.6. The molecule has 40 heavy (non-hydrogen) atoms. The molecule has 2 N–H and O–H groups in total. The molecule has 0 aliphatic carbocycles. The Kier molecular flexibility index (Phi) is 11.2. The van der Waals surface area contributed by atoms with E-state index in [2.05, 4.69) is 0 Å². The van der Waals surface area contributed by atoms with Crippen molar-refractivity contribution in [3.8, 4) is 0 Å². The maximum Gasteiger partial charge on any atom is 0.253 e. The van der Waals surface area contributed by atoms with Gasteiger partial charge in [-0.1, -0.05) is 97.1 Å². The van der Waals surface area contributed by atoms with Gasteiger partial charge in [-0.2, -0.15) is 0 Å². The summed E-state index contributed by atoms with van der Waals surface area (Å²) in [5.41, 5.74) is 2.88. The number of hydrogen-bond donors (Lipinski definition) is 2. The lowest BCUT2D eigenvalue weighted by Gasteiger charge is -2.29. The van der Waals surface area contributed by atoms with Crippen LogP contribution in [0, 0.1) is 0 Å². The largest absolute Gasteiger partial charge is 0.386 e. The molecule has 4 aromatic carbocycles. The molecular formula is C34H38N2O4. The van der Waals surface area contributed by atoms with Gasteiger partial charge in [0.05, 0.1) is 24.3 Å². The molecule has 4 rings (SSSR count). The number of carbonyl (C=O) groups excluding carboxylic acids is 2. The lowest BCUT2D eigenvalue weighted by Crippen LogP contribution is -2.39. The molecule has 6 heteroatoms. The fraction of sp³-hybridized carbons (Fsp3) is 0.235. The molecule has 0 saturated heterocycles. The van der Waals surface area contributed by atoms with Crippen LogP contribution in [-0.2, 0) is 0 Å². The van der Waals surface area contributed by atoms with Gasteiger partial charge in [0.15, 0.2) is 0 Å². The van der Waals surface area contributed by atoms with Crippen LogP contribution < -0.4 is 0 Å². The molecule has 0 saturated carbocycles. The van der Waals surface area contributed by atoms with Gasteiger partial charge in [0.2, 0.25) is 0 Å². The minimum absolute atomic E-state index is 0.0897. The zero-order valence-corrected chi connectivity index (χ0v) is 23.5. The van der Waals surface area contributed by atoms with Gasteiger partial charge in [0.1, 0.15) is 0 Å². The Bertz CT molecular complexity index is 1210. The monoisotopic (exact) mass is 538 g/mol. The van der Waals surface area contributed by atoms with Gasteiger partial charge in [-0.05, 0) is 49.2 Å². The summed E-state index contributed by atoms with van der Waals surface area (Å²) in [4.78, 5) is 27.8. The Labute approximate surface area is 237 Å². The van der Waals surface area contributed by atoms with Gasteiger partial charge in [-0.15, -0.1) is 0 Å². The van der Waals surface area contributed by atoms with Crippen molar-refractivity contribution in [1.29, 1.82) is 0 Å². The molecule has 0 aliphatic rings. The molecular weight excluding hydrogens is 500 g/mol. The molecule has 2 amide bonds. The Morgan fingerprint density at radius 3 is 1.02 bits per heavy atom. The van der Waals surface area contributed by atoms with E-state index in [0.29, 0.717) is 11.1 Å². The summed E-state index contributed by atoms with van der Waals surface area (Å²) in [6.45, 7) is 3.69. The third-order valence-corrected chi connectivity index (χ3v) is 7.10. The zero-order chi connectivity index (χ0) is 29.1. The highest BCUT2D eigenvalue weighted by atomic mass is 16.3. The van der Waals surface area contributed by atoms with Crippen molar-refractivity contribution in [3.63, 3.8) is 0 Å². The highest BCUT2D eigenvalue weighted by molar-refractivity contribution is 5.94. The smallest absolute Gasteiger partial charge is 0.253 e. The number of amides is 2. The summed E-state index contributed by atoms with van der Waals surface area (Å²) in [6, 6.07) is 36.4. The number of hydrogen-bond acceptors (Lipinski definition) is 4. The van der Waals surface area contributed by atoms with Gasteiger partial charge in [-0.25, -0.2) is 0 Å². The second-order valence-electron chi connectivity index (χ2n) is 9.76. The molecule has 4 aromatic rings. The van der Waals surface area contributed by atoms with Crippen molar-refractivity contribution < 1.29 is 19.8 Å². The molecule has 208 valence electrons. The van der Waals surface area contributed by atoms with Gasteiger partial charge in [0, 0.05) is 25.2 Å². The van der Waals surface area contributed by atoms with Gasteiger partial charge in [-0.3, -0.25) is 9.59 Å². The first kappa shape index (κ1) is 30.3. The topological polar surface area (TPSA) is 81.1 Å². The van der Waals surface area contributed by atoms with E-state index in [1.165, 1.54) is 0 Å². The standard InChI is InChI=1S/2C17H19NO2/c2*1-13(16(19)14-9-5-3-6-10-14)18(2)17(20)15-11-7-4-8-12-15/h2*3-13,16,19H,1-2H3/t13-,16?;13-,16-/m10/s1. The van der Waals surface area contributed by atoms with Gasteiger partial charge >= 0.3 is 0 Å². The van der Waals surface area contributed by atoms with Crippen LogP contribution >= 0.6 is 0 Å². The minimum Gasteiger partial charge on any atom is -0.386 e. The van der Waals surface area contributed by atoms with Crippen LogP contribution in [0.4, 0.5) is 0 Å². The number of benzene rings is 4. The van der Waals surface area contributed by atoms with E-state index in [4.69, 9.17) is 0 Å². The van der Waals surface area contributed by atoms with Crippen LogP contribution in [-0.4, -0.2) is 58.0 Å². The van der Waals surface area contributed by atoms with E-state index in [0.717, 1.165) is 11.1 Å². The summed E-state index contributed by atoms with van der Waals surface area (Å²) in [5.74, 6) is -0.179. The summed E-state index contributed by atoms with van der Waals surface area (Å²) in [5, 5.41) is 20.7. The first-order chi connectivity index (χ1) is 19.2. The van der Waals surface area contributed by atoms with Gasteiger partial charge in [0.25, 0.3) is 11.8 Å². The number of carbonyl (C=O) groups is 2. The van der Waals surface area contributed by atoms with Crippen LogP contribution in [0.5, 0.6) is 0 Å². The van der Waals surface area contributed by atoms with Crippen LogP contribution in [0.2, 0.25) is 0 Å². The predicted octanol–water partition coefficient (Wildman–Crippen LogP) is 5.76. The van der Waals surface area contributed by atoms with Crippen molar-refractivity contribution in [3.05, 3.63) is 144 Å². The van der Waals surface area contributed by atoms with Crippen molar-refractivity contribution in [2.24, 2.45) is 0 Å². The Balaban J connectivity index is 0.000000220. The first-order valence-electron chi connectivity index (χ1n) is 13.3. The second-order valence-corrected chi connectivity index (χ2v) is 9.76. The lowest BCUT2D eigenvalue weighted by atomic mass is 10.0. The predicted molar refractivity (Wildman–Crippen MR) is 159 cm³/mol. The minimum atomic E-state index is -0.700. The summed E-state index contributed by atoms with van der Waals surface area (Å²) in [7, 11) is 3.43. The molecule has 1 unspecified atom stereocenters. The first-order valence-corrected chi connectivity index (χ1v) is 13.3. The summed E-state index contributed by atoms with van der Waals surface area (Å²) >= 11 is 0. The maximum absolute atomic E-state index is 12.3. The molecule has 0 aliphatic heterocycles. The van der Waals surface area contributed by atoms with Gasteiger partial charge < -0.3 is 20.0 Å². The van der Waals surface area contributed by atoms with E-state index >= 15 is 0 Å². The van der Waals surface area contributed by atoms with Crippen molar-refractivity contribution in [2.75, 3.05) is 14.1 Å². The average Bonchev–Trinajstić information content (AvgIpc) is 3.03. The van der Waals surface area contributed by atoms with Crippen molar-refractivity contribution >= 4 is 11.8 Å². The quantitative estimate of drug-likeness (QED) is 0.299. The maximum atomic E-state index is 12.3. The Morgan fingerprint density at radius 2 is 0.750 bits per heavy atom. The Hall–Kier alpha value is -4.26. The van der Waals surface area contributed by atoms with Crippen molar-refractivity contribution in [2.45, 2.75) is 38.1 Å². The fourth-order valence-corrected chi connectivity index (χ4v) is 4.22. The third kappa shape index (κ3) is 7.88. The van der Waals surface area contributed by atoms with Crippen LogP contribution in [0.25, 0.3) is 0 Å². The number of nitrogens with zero attached hydrogens (tertiary/aromatic N) is 2. The molecule has 0 aromatic heterocycles. The van der Waals surface area contributed by atoms with E-state index in [-0.39, 0.29) is 23.9 Å². The molecule has 0 bridgehead atoms. The van der Waals surface area contributed by atoms with Crippen LogP contribution in [0.3, 0.4) is 0 Å². The SMILES string of the molecule is C[C@@H]([C@H](O)c1ccccc1)N(C)C(=O)c1ccccc1.C[C@H](C(O)c1ccccc1)N(C)C(=O)c1ccccc1. The molecule has 0 radical (unpaired) electrons. The van der Waals surface area contributed by atoms with E-state index < -0.39 is 12.2 Å². The molecule has 0 fully saturated rings. The molecule has 6 nitrogen and oxygen atoms in total. The van der Waals surface area contributed by atoms with E-state index in [1.54, 1.807) is 48.2 Å². The number of rotatable bonds is 8. The number of aliphatic hydroxyl groups excluding tert-OH is 2. The molecule has 4 atom stereocenters. The number of aliphatic hydroxyl groups is 2. The van der Waals surface area contributed by atoms with Crippen molar-refractivity contribution in [1.82, 2.24) is 9.80 Å². The lowest BCUT2D eigenvalue weighted by molar-refractivity contribution is 0.0484. The number of likely N-dealkylation sites (N-methyl/N-ethyl adjacent to an activating group) is 2. The van der Waals surface area contributed by atoms with E-state index in [1.807, 2.05) is 111 Å². The zero-order valence-electron chi connectivity index (χ0n) is 23.5. The molecule has 0 heterocycles. The summed E-state index contributed by atoms with van der Waals surface area (Å²) in [6.07, 6.45) is -1.40. The Morgan fingerprint density at radius 1 is 0.500 bits per heavy atom. The average molecular weight is 539 g/mol. The third-order valence-electron chi connectivity index (χ3n) is 7.10. The molecule has 0 spiro atoms. The van der Waals surface area contributed by atoms with Crippen LogP contribution in [0.1, 0.15) is 57.9 Å². The fourth-order valence-electron chi connectivity index (χ4n) is 4.22. The summed E-state index contributed by atoms with van der Waals surface area (Å²) < 4.78 is 0. The highest BCUT2D eigenvalue weighted by Gasteiger charge is 2.25. The highest BCUT2D eigenvalue weighted by Crippen LogP contribution is 2.22. The van der Waals surface area contributed by atoms with Crippen LogP contribution in [0.15, 0.2) is 121 Å². The second kappa shape index (κ2) is 14.8. The van der Waals surface area contributed by atoms with E-state index in [9.17, 15) is 19.8 Å².